The second-order valence-electron chi connectivity index (χ2n) is 11.1. The van der Waals surface area contributed by atoms with Crippen LogP contribution < -0.4 is 9.47 Å². The topological polar surface area (TPSA) is 141 Å². The van der Waals surface area contributed by atoms with Gasteiger partial charge in [-0.1, -0.05) is 39.2 Å². The molecule has 0 aliphatic carbocycles. The molecule has 39 heavy (non-hydrogen) atoms. The largest absolute Gasteiger partial charge is 0.494 e. The summed E-state index contributed by atoms with van der Waals surface area (Å²) in [4.78, 5) is 2.22. The lowest BCUT2D eigenvalue weighted by molar-refractivity contribution is -0.278. The molecule has 220 valence electrons. The number of hydrogen-bond donors (Lipinski definition) is 5. The van der Waals surface area contributed by atoms with Gasteiger partial charge in [0.2, 0.25) is 12.2 Å². The van der Waals surface area contributed by atoms with Crippen molar-refractivity contribution in [2.75, 3.05) is 33.9 Å². The predicted molar refractivity (Wildman–Crippen MR) is 148 cm³/mol. The molecule has 10 nitrogen and oxygen atoms in total. The fourth-order valence-corrected chi connectivity index (χ4v) is 4.78. The van der Waals surface area contributed by atoms with Gasteiger partial charge in [-0.05, 0) is 69.6 Å². The van der Waals surface area contributed by atoms with E-state index in [0.29, 0.717) is 13.0 Å². The normalized spacial score (nSPS) is 23.5. The van der Waals surface area contributed by atoms with E-state index in [2.05, 4.69) is 29.2 Å². The molecule has 1 aliphatic rings. The van der Waals surface area contributed by atoms with Gasteiger partial charge in [0.1, 0.15) is 30.2 Å². The number of nitrogens with one attached hydrogen (secondary N) is 1. The Morgan fingerprint density at radius 2 is 1.74 bits per heavy atom. The van der Waals surface area contributed by atoms with Crippen molar-refractivity contribution in [2.24, 2.45) is 0 Å². The first-order valence-corrected chi connectivity index (χ1v) is 14.0. The molecule has 2 heterocycles. The first-order valence-electron chi connectivity index (χ1n) is 14.0. The lowest BCUT2D eigenvalue weighted by Gasteiger charge is -2.39. The van der Waals surface area contributed by atoms with Crippen LogP contribution in [0, 0.1) is 6.92 Å². The van der Waals surface area contributed by atoms with E-state index in [0.717, 1.165) is 41.1 Å². The van der Waals surface area contributed by atoms with Crippen LogP contribution in [0.3, 0.4) is 0 Å². The minimum atomic E-state index is -1.52. The van der Waals surface area contributed by atoms with Crippen LogP contribution in [-0.4, -0.2) is 100 Å². The SMILES string of the molecule is Cc1cc(OCCCCCCCN(C)C)ccc1Cc1c(O[C@@H]2O[C@H](CO)[C@@H](O)[C@H](O)[C@H]2O)n[nH]c1C(C)C. The number of aromatic amines is 1. The van der Waals surface area contributed by atoms with Gasteiger partial charge >= 0.3 is 0 Å². The van der Waals surface area contributed by atoms with E-state index in [9.17, 15) is 20.4 Å². The maximum Gasteiger partial charge on any atom is 0.238 e. The Morgan fingerprint density at radius 1 is 1.03 bits per heavy atom. The van der Waals surface area contributed by atoms with Crippen molar-refractivity contribution >= 4 is 0 Å². The van der Waals surface area contributed by atoms with Gasteiger partial charge in [-0.2, -0.15) is 0 Å². The molecule has 0 bridgehead atoms. The second-order valence-corrected chi connectivity index (χ2v) is 11.1. The van der Waals surface area contributed by atoms with Crippen LogP contribution in [0.15, 0.2) is 18.2 Å². The summed E-state index contributed by atoms with van der Waals surface area (Å²) in [5.74, 6) is 1.22. The number of rotatable bonds is 15. The Labute approximate surface area is 231 Å². The van der Waals surface area contributed by atoms with Gasteiger partial charge in [0, 0.05) is 17.7 Å². The molecule has 0 radical (unpaired) electrons. The van der Waals surface area contributed by atoms with E-state index in [-0.39, 0.29) is 11.8 Å². The monoisotopic (exact) mass is 549 g/mol. The van der Waals surface area contributed by atoms with Crippen LogP contribution in [-0.2, 0) is 11.2 Å². The molecule has 2 aromatic rings. The summed E-state index contributed by atoms with van der Waals surface area (Å²) in [5.41, 5.74) is 3.85. The molecule has 10 heteroatoms. The smallest absolute Gasteiger partial charge is 0.238 e. The highest BCUT2D eigenvalue weighted by Gasteiger charge is 2.45. The van der Waals surface area contributed by atoms with Gasteiger partial charge in [0.25, 0.3) is 0 Å². The molecule has 1 aromatic heterocycles. The van der Waals surface area contributed by atoms with Gasteiger partial charge in [0.05, 0.1) is 13.2 Å². The Hall–Kier alpha value is -2.21. The number of H-pyrrole nitrogens is 1. The molecule has 5 N–H and O–H groups in total. The summed E-state index contributed by atoms with van der Waals surface area (Å²) in [6, 6.07) is 6.06. The molecular weight excluding hydrogens is 502 g/mol. The number of unbranched alkanes of at least 4 members (excludes halogenated alkanes) is 4. The van der Waals surface area contributed by atoms with Crippen molar-refractivity contribution in [1.82, 2.24) is 15.1 Å². The van der Waals surface area contributed by atoms with Gasteiger partial charge in [-0.3, -0.25) is 5.10 Å². The predicted octanol–water partition coefficient (Wildman–Crippen LogP) is 2.50. The van der Waals surface area contributed by atoms with Crippen molar-refractivity contribution in [3.8, 4) is 11.6 Å². The number of aryl methyl sites for hydroxylation is 1. The van der Waals surface area contributed by atoms with E-state index in [1.165, 1.54) is 25.7 Å². The zero-order valence-corrected chi connectivity index (χ0v) is 24.0. The first kappa shape index (κ1) is 31.3. The van der Waals surface area contributed by atoms with Crippen molar-refractivity contribution in [1.29, 1.82) is 0 Å². The quantitative estimate of drug-likeness (QED) is 0.212. The van der Waals surface area contributed by atoms with E-state index in [4.69, 9.17) is 14.2 Å². The third-order valence-electron chi connectivity index (χ3n) is 7.21. The number of nitrogens with zero attached hydrogens (tertiary/aromatic N) is 2. The Bertz CT molecular complexity index is 1010. The van der Waals surface area contributed by atoms with Crippen molar-refractivity contribution in [3.05, 3.63) is 40.6 Å². The van der Waals surface area contributed by atoms with Crippen LogP contribution in [0.25, 0.3) is 0 Å². The standard InChI is InChI=1S/C29H47N3O7/c1-18(2)24-22(28(31-30-24)39-29-27(36)26(35)25(34)23(17-33)38-29)16-20-11-12-21(15-19(20)3)37-14-10-8-6-7-9-13-32(4)5/h11-12,15,18,23,25-27,29,33-36H,6-10,13-14,16-17H2,1-5H3,(H,30,31)/t23-,25-,26+,27-,29+/m1/s1. The molecule has 1 aromatic carbocycles. The van der Waals surface area contributed by atoms with E-state index >= 15 is 0 Å². The summed E-state index contributed by atoms with van der Waals surface area (Å²) in [6.45, 7) is 7.44. The lowest BCUT2D eigenvalue weighted by Crippen LogP contribution is -2.60. The summed E-state index contributed by atoms with van der Waals surface area (Å²) in [7, 11) is 4.22. The molecule has 0 amide bonds. The van der Waals surface area contributed by atoms with E-state index in [1.54, 1.807) is 0 Å². The summed E-state index contributed by atoms with van der Waals surface area (Å²) in [5, 5.41) is 47.5. The zero-order valence-electron chi connectivity index (χ0n) is 24.0. The molecule has 1 aliphatic heterocycles. The van der Waals surface area contributed by atoms with Gasteiger partial charge in [-0.25, -0.2) is 0 Å². The molecular formula is C29H47N3O7. The average molecular weight is 550 g/mol. The number of aliphatic hydroxyl groups excluding tert-OH is 4. The maximum absolute atomic E-state index is 10.4. The molecule has 5 atom stereocenters. The van der Waals surface area contributed by atoms with Crippen LogP contribution in [0.2, 0.25) is 0 Å². The summed E-state index contributed by atoms with van der Waals surface area (Å²) < 4.78 is 17.4. The fourth-order valence-electron chi connectivity index (χ4n) is 4.78. The fraction of sp³-hybridized carbons (Fsp3) is 0.690. The molecule has 0 unspecified atom stereocenters. The molecule has 0 spiro atoms. The minimum absolute atomic E-state index is 0.130. The summed E-state index contributed by atoms with van der Waals surface area (Å²) in [6.07, 6.45) is -0.400. The number of ether oxygens (including phenoxy) is 3. The van der Waals surface area contributed by atoms with E-state index in [1.807, 2.05) is 39.0 Å². The van der Waals surface area contributed by atoms with Crippen LogP contribution >= 0.6 is 0 Å². The molecule has 3 rings (SSSR count). The molecule has 1 saturated heterocycles. The van der Waals surface area contributed by atoms with Crippen molar-refractivity contribution in [2.45, 2.75) is 95.9 Å². The average Bonchev–Trinajstić information content (AvgIpc) is 3.29. The highest BCUT2D eigenvalue weighted by Crippen LogP contribution is 2.32. The summed E-state index contributed by atoms with van der Waals surface area (Å²) >= 11 is 0. The molecule has 0 saturated carbocycles. The highest BCUT2D eigenvalue weighted by molar-refractivity contribution is 5.42. The van der Waals surface area contributed by atoms with Crippen molar-refractivity contribution < 1.29 is 34.6 Å². The third-order valence-corrected chi connectivity index (χ3v) is 7.21. The zero-order chi connectivity index (χ0) is 28.5. The maximum atomic E-state index is 10.4. The van der Waals surface area contributed by atoms with E-state index < -0.39 is 37.3 Å². The van der Waals surface area contributed by atoms with Crippen LogP contribution in [0.5, 0.6) is 11.6 Å². The minimum Gasteiger partial charge on any atom is -0.494 e. The number of hydrogen-bond acceptors (Lipinski definition) is 9. The Morgan fingerprint density at radius 3 is 2.41 bits per heavy atom. The van der Waals surface area contributed by atoms with Gasteiger partial charge < -0.3 is 39.5 Å². The number of benzene rings is 1. The third kappa shape index (κ3) is 8.64. The van der Waals surface area contributed by atoms with Gasteiger partial charge in [0.15, 0.2) is 0 Å². The first-order chi connectivity index (χ1) is 18.6. The van der Waals surface area contributed by atoms with Crippen LogP contribution in [0.1, 0.15) is 74.3 Å². The lowest BCUT2D eigenvalue weighted by atomic mass is 9.96. The Balaban J connectivity index is 1.62. The van der Waals surface area contributed by atoms with Crippen molar-refractivity contribution in [3.63, 3.8) is 0 Å². The highest BCUT2D eigenvalue weighted by atomic mass is 16.7. The number of aromatic nitrogens is 2. The Kier molecular flexibility index (Phi) is 12.0. The van der Waals surface area contributed by atoms with Gasteiger partial charge in [-0.15, -0.1) is 5.10 Å². The molecule has 1 fully saturated rings. The second kappa shape index (κ2) is 15.0. The van der Waals surface area contributed by atoms with Crippen LogP contribution in [0.4, 0.5) is 0 Å². The number of aliphatic hydroxyl groups is 4.